The zero-order chi connectivity index (χ0) is 12.7. The topological polar surface area (TPSA) is 76.3 Å². The van der Waals surface area contributed by atoms with E-state index in [-0.39, 0.29) is 11.8 Å². The number of likely N-dealkylation sites (N-methyl/N-ethyl adjacent to an activating group) is 1. The lowest BCUT2D eigenvalue weighted by Crippen LogP contribution is -2.28. The lowest BCUT2D eigenvalue weighted by molar-refractivity contribution is 0.163. The lowest BCUT2D eigenvalue weighted by Gasteiger charge is -2.16. The van der Waals surface area contributed by atoms with Gasteiger partial charge in [0.1, 0.15) is 0 Å². The molecule has 0 aliphatic heterocycles. The van der Waals surface area contributed by atoms with Crippen LogP contribution in [0.4, 0.5) is 16.2 Å². The second kappa shape index (κ2) is 6.97. The molecule has 0 spiro atoms. The summed E-state index contributed by atoms with van der Waals surface area (Å²) in [5.41, 5.74) is 5.37. The van der Waals surface area contributed by atoms with Gasteiger partial charge in [0.15, 0.2) is 11.6 Å². The van der Waals surface area contributed by atoms with Crippen LogP contribution >= 0.6 is 0 Å². The Labute approximate surface area is 100.0 Å². The Balaban J connectivity index is 2.32. The fourth-order valence-corrected chi connectivity index (χ4v) is 1.23. The van der Waals surface area contributed by atoms with Gasteiger partial charge < -0.3 is 20.7 Å². The molecule has 0 aliphatic carbocycles. The van der Waals surface area contributed by atoms with Crippen LogP contribution in [0.25, 0.3) is 0 Å². The van der Waals surface area contributed by atoms with Crippen molar-refractivity contribution in [2.45, 2.75) is 0 Å². The predicted octanol–water partition coefficient (Wildman–Crippen LogP) is 0.188. The molecule has 0 atom stereocenters. The second-order valence-electron chi connectivity index (χ2n) is 3.65. The number of halogens is 1. The van der Waals surface area contributed by atoms with Crippen LogP contribution in [-0.2, 0) is 4.74 Å². The Hall–Kier alpha value is -1.47. The summed E-state index contributed by atoms with van der Waals surface area (Å²) in [4.78, 5) is 9.39. The molecule has 0 fully saturated rings. The third-order valence-electron chi connectivity index (χ3n) is 2.23. The number of hydrogen-bond donors (Lipinski definition) is 2. The van der Waals surface area contributed by atoms with Crippen molar-refractivity contribution in [3.63, 3.8) is 0 Å². The summed E-state index contributed by atoms with van der Waals surface area (Å²) in [5.74, 6) is -0.307. The smallest absolute Gasteiger partial charge is 0.222 e. The van der Waals surface area contributed by atoms with E-state index in [0.29, 0.717) is 13.2 Å². The first kappa shape index (κ1) is 13.6. The monoisotopic (exact) mass is 243 g/mol. The average molecular weight is 243 g/mol. The Morgan fingerprint density at radius 3 is 3.00 bits per heavy atom. The zero-order valence-electron chi connectivity index (χ0n) is 10.1. The molecular weight excluding hydrogens is 225 g/mol. The fraction of sp³-hybridized carbons (Fsp3) is 0.600. The van der Waals surface area contributed by atoms with Gasteiger partial charge in [0.2, 0.25) is 5.95 Å². The van der Waals surface area contributed by atoms with E-state index in [9.17, 15) is 4.39 Å². The van der Waals surface area contributed by atoms with Crippen LogP contribution in [0.15, 0.2) is 6.20 Å². The number of aromatic nitrogens is 2. The van der Waals surface area contributed by atoms with Gasteiger partial charge in [0, 0.05) is 26.7 Å². The van der Waals surface area contributed by atoms with Crippen LogP contribution in [0.3, 0.4) is 0 Å². The zero-order valence-corrected chi connectivity index (χ0v) is 10.1. The standard InChI is InChI=1S/C10H18FN5O/c1-16(5-6-17-2)4-3-13-9-8(11)7-14-10(12)15-9/h7H,3-6H2,1-2H3,(H3,12,13,14,15). The van der Waals surface area contributed by atoms with Crippen LogP contribution in [-0.4, -0.2) is 55.3 Å². The summed E-state index contributed by atoms with van der Waals surface area (Å²) < 4.78 is 18.2. The third-order valence-corrected chi connectivity index (χ3v) is 2.23. The van der Waals surface area contributed by atoms with E-state index in [1.54, 1.807) is 7.11 Å². The maximum absolute atomic E-state index is 13.2. The predicted molar refractivity (Wildman–Crippen MR) is 64.3 cm³/mol. The van der Waals surface area contributed by atoms with Gasteiger partial charge in [-0.15, -0.1) is 0 Å². The van der Waals surface area contributed by atoms with Crippen molar-refractivity contribution in [3.05, 3.63) is 12.0 Å². The van der Waals surface area contributed by atoms with Crippen LogP contribution in [0, 0.1) is 5.82 Å². The second-order valence-corrected chi connectivity index (χ2v) is 3.65. The molecule has 0 bridgehead atoms. The molecule has 17 heavy (non-hydrogen) atoms. The minimum atomic E-state index is -0.501. The average Bonchev–Trinajstić information content (AvgIpc) is 2.31. The largest absolute Gasteiger partial charge is 0.383 e. The molecule has 0 aromatic carbocycles. The van der Waals surface area contributed by atoms with Gasteiger partial charge in [-0.25, -0.2) is 9.37 Å². The van der Waals surface area contributed by atoms with E-state index in [0.717, 1.165) is 19.3 Å². The van der Waals surface area contributed by atoms with Crippen LogP contribution in [0.5, 0.6) is 0 Å². The summed E-state index contributed by atoms with van der Waals surface area (Å²) in [5, 5.41) is 2.87. The maximum atomic E-state index is 13.2. The summed E-state index contributed by atoms with van der Waals surface area (Å²) in [6, 6.07) is 0. The first-order valence-corrected chi connectivity index (χ1v) is 5.33. The first-order valence-electron chi connectivity index (χ1n) is 5.33. The number of methoxy groups -OCH3 is 1. The van der Waals surface area contributed by atoms with Crippen LogP contribution in [0.1, 0.15) is 0 Å². The fourth-order valence-electron chi connectivity index (χ4n) is 1.23. The normalized spacial score (nSPS) is 10.8. The Morgan fingerprint density at radius 2 is 2.29 bits per heavy atom. The van der Waals surface area contributed by atoms with E-state index in [1.807, 2.05) is 7.05 Å². The van der Waals surface area contributed by atoms with Gasteiger partial charge in [-0.1, -0.05) is 0 Å². The minimum Gasteiger partial charge on any atom is -0.383 e. The van der Waals surface area contributed by atoms with Gasteiger partial charge in [-0.2, -0.15) is 4.98 Å². The molecule has 1 aromatic rings. The van der Waals surface area contributed by atoms with Crippen molar-refractivity contribution in [2.75, 3.05) is 51.4 Å². The van der Waals surface area contributed by atoms with Crippen LogP contribution < -0.4 is 11.1 Å². The van der Waals surface area contributed by atoms with E-state index in [1.165, 1.54) is 0 Å². The van der Waals surface area contributed by atoms with Crippen molar-refractivity contribution in [3.8, 4) is 0 Å². The van der Waals surface area contributed by atoms with E-state index >= 15 is 0 Å². The SMILES string of the molecule is COCCN(C)CCNc1nc(N)ncc1F. The highest BCUT2D eigenvalue weighted by Gasteiger charge is 2.05. The number of nitrogen functional groups attached to an aromatic ring is 1. The molecule has 0 saturated heterocycles. The minimum absolute atomic E-state index is 0.0571. The van der Waals surface area contributed by atoms with Crippen molar-refractivity contribution in [2.24, 2.45) is 0 Å². The molecule has 1 rings (SSSR count). The van der Waals surface area contributed by atoms with E-state index in [4.69, 9.17) is 10.5 Å². The van der Waals surface area contributed by atoms with Crippen molar-refractivity contribution in [1.82, 2.24) is 14.9 Å². The molecular formula is C10H18FN5O. The Kier molecular flexibility index (Phi) is 5.58. The molecule has 6 nitrogen and oxygen atoms in total. The quantitative estimate of drug-likeness (QED) is 0.712. The van der Waals surface area contributed by atoms with Gasteiger partial charge >= 0.3 is 0 Å². The molecule has 3 N–H and O–H groups in total. The van der Waals surface area contributed by atoms with Gasteiger partial charge in [0.05, 0.1) is 12.8 Å². The molecule has 96 valence electrons. The number of anilines is 2. The number of nitrogens with two attached hydrogens (primary N) is 1. The van der Waals surface area contributed by atoms with Crippen molar-refractivity contribution >= 4 is 11.8 Å². The van der Waals surface area contributed by atoms with Crippen molar-refractivity contribution in [1.29, 1.82) is 0 Å². The third kappa shape index (κ3) is 4.92. The van der Waals surface area contributed by atoms with E-state index in [2.05, 4.69) is 20.2 Å². The number of nitrogens with one attached hydrogen (secondary N) is 1. The highest BCUT2D eigenvalue weighted by molar-refractivity contribution is 5.38. The molecule has 0 radical (unpaired) electrons. The summed E-state index contributed by atoms with van der Waals surface area (Å²) in [6.45, 7) is 2.83. The number of rotatable bonds is 7. The Bertz CT molecular complexity index is 349. The summed E-state index contributed by atoms with van der Waals surface area (Å²) in [6.07, 6.45) is 1.05. The molecule has 0 amide bonds. The summed E-state index contributed by atoms with van der Waals surface area (Å²) >= 11 is 0. The molecule has 0 unspecified atom stereocenters. The number of hydrogen-bond acceptors (Lipinski definition) is 6. The van der Waals surface area contributed by atoms with Gasteiger partial charge in [0.25, 0.3) is 0 Å². The number of ether oxygens (including phenoxy) is 1. The highest BCUT2D eigenvalue weighted by Crippen LogP contribution is 2.09. The van der Waals surface area contributed by atoms with Crippen molar-refractivity contribution < 1.29 is 9.13 Å². The molecule has 7 heteroatoms. The highest BCUT2D eigenvalue weighted by atomic mass is 19.1. The lowest BCUT2D eigenvalue weighted by atomic mass is 10.4. The molecule has 1 heterocycles. The van der Waals surface area contributed by atoms with Gasteiger partial charge in [-0.05, 0) is 7.05 Å². The first-order chi connectivity index (χ1) is 8.13. The molecule has 0 saturated carbocycles. The number of nitrogens with zero attached hydrogens (tertiary/aromatic N) is 3. The maximum Gasteiger partial charge on any atom is 0.222 e. The molecule has 1 aromatic heterocycles. The van der Waals surface area contributed by atoms with Crippen LogP contribution in [0.2, 0.25) is 0 Å². The summed E-state index contributed by atoms with van der Waals surface area (Å²) in [7, 11) is 3.62. The van der Waals surface area contributed by atoms with E-state index < -0.39 is 5.82 Å². The van der Waals surface area contributed by atoms with Gasteiger partial charge in [-0.3, -0.25) is 0 Å². The molecule has 0 aliphatic rings. The Morgan fingerprint density at radius 1 is 1.53 bits per heavy atom.